The van der Waals surface area contributed by atoms with Gasteiger partial charge in [0, 0.05) is 4.88 Å². The van der Waals surface area contributed by atoms with E-state index in [1.54, 1.807) is 11.3 Å². The second kappa shape index (κ2) is 5.85. The Hall–Kier alpha value is -1.89. The Morgan fingerprint density at radius 1 is 1.33 bits per heavy atom. The van der Waals surface area contributed by atoms with E-state index >= 15 is 0 Å². The fourth-order valence-electron chi connectivity index (χ4n) is 2.26. The van der Waals surface area contributed by atoms with Crippen LogP contribution in [-0.4, -0.2) is 21.1 Å². The maximum Gasteiger partial charge on any atom is 0.274 e. The quantitative estimate of drug-likeness (QED) is 0.809. The molecule has 1 amide bonds. The molecule has 21 heavy (non-hydrogen) atoms. The summed E-state index contributed by atoms with van der Waals surface area (Å²) in [5.41, 5.74) is 8.40. The predicted molar refractivity (Wildman–Crippen MR) is 84.6 cm³/mol. The first-order valence-corrected chi connectivity index (χ1v) is 7.71. The van der Waals surface area contributed by atoms with E-state index < -0.39 is 0 Å². The number of rotatable bonds is 4. The number of carbonyl (C=O) groups is 1. The summed E-state index contributed by atoms with van der Waals surface area (Å²) in [5, 5.41) is 10.8. The Balaban J connectivity index is 2.16. The summed E-state index contributed by atoms with van der Waals surface area (Å²) in [5.74, 6) is -0.0727. The number of nitrogen functional groups attached to an aromatic ring is 1. The summed E-state index contributed by atoms with van der Waals surface area (Å²) >= 11 is 1.59. The lowest BCUT2D eigenvalue weighted by atomic mass is 10.1. The van der Waals surface area contributed by atoms with Crippen LogP contribution in [0.15, 0.2) is 0 Å². The van der Waals surface area contributed by atoms with Gasteiger partial charge in [0.25, 0.3) is 5.91 Å². The molecule has 0 aromatic carbocycles. The fraction of sp³-hybridized carbons (Fsp3) is 0.500. The Bertz CT molecular complexity index is 658. The van der Waals surface area contributed by atoms with Crippen molar-refractivity contribution >= 4 is 22.9 Å². The van der Waals surface area contributed by atoms with Crippen LogP contribution in [0.25, 0.3) is 0 Å². The van der Waals surface area contributed by atoms with E-state index in [1.807, 2.05) is 34.6 Å². The third-order valence-corrected chi connectivity index (χ3v) is 4.56. The maximum absolute atomic E-state index is 12.3. The molecule has 0 bridgehead atoms. The molecule has 1 unspecified atom stereocenters. The molecule has 7 heteroatoms. The van der Waals surface area contributed by atoms with E-state index in [9.17, 15) is 4.79 Å². The number of aryl methyl sites for hydroxylation is 2. The van der Waals surface area contributed by atoms with Crippen molar-refractivity contribution in [3.05, 3.63) is 27.0 Å². The first-order valence-electron chi connectivity index (χ1n) is 6.89. The van der Waals surface area contributed by atoms with Gasteiger partial charge in [-0.2, -0.15) is 5.10 Å². The smallest absolute Gasteiger partial charge is 0.274 e. The van der Waals surface area contributed by atoms with Crippen molar-refractivity contribution < 1.29 is 4.79 Å². The topological polar surface area (TPSA) is 96.7 Å². The van der Waals surface area contributed by atoms with Crippen molar-refractivity contribution in [1.29, 1.82) is 0 Å². The lowest BCUT2D eigenvalue weighted by Gasteiger charge is -2.12. The summed E-state index contributed by atoms with van der Waals surface area (Å²) in [7, 11) is 0. The van der Waals surface area contributed by atoms with E-state index in [-0.39, 0.29) is 23.6 Å². The third kappa shape index (κ3) is 3.07. The molecule has 6 nitrogen and oxygen atoms in total. The number of nitrogens with zero attached hydrogens (tertiary/aromatic N) is 2. The lowest BCUT2D eigenvalue weighted by molar-refractivity contribution is 0.0936. The van der Waals surface area contributed by atoms with Crippen LogP contribution < -0.4 is 11.1 Å². The molecule has 0 saturated heterocycles. The monoisotopic (exact) mass is 307 g/mol. The first-order chi connectivity index (χ1) is 9.81. The summed E-state index contributed by atoms with van der Waals surface area (Å²) < 4.78 is 0. The zero-order valence-electron chi connectivity index (χ0n) is 12.9. The second-order valence-corrected chi connectivity index (χ2v) is 6.67. The highest BCUT2D eigenvalue weighted by molar-refractivity contribution is 7.11. The van der Waals surface area contributed by atoms with Gasteiger partial charge in [0.15, 0.2) is 5.69 Å². The molecule has 2 rings (SSSR count). The molecule has 2 aromatic rings. The number of thiazole rings is 1. The van der Waals surface area contributed by atoms with Gasteiger partial charge >= 0.3 is 0 Å². The van der Waals surface area contributed by atoms with Crippen molar-refractivity contribution in [3.8, 4) is 0 Å². The van der Waals surface area contributed by atoms with Crippen LogP contribution in [0.4, 0.5) is 5.69 Å². The highest BCUT2D eigenvalue weighted by atomic mass is 32.1. The number of H-pyrrole nitrogens is 1. The normalized spacial score (nSPS) is 12.7. The number of hydrogen-bond acceptors (Lipinski definition) is 5. The molecule has 0 aliphatic heterocycles. The Labute approximate surface area is 128 Å². The first kappa shape index (κ1) is 15.5. The predicted octanol–water partition coefficient (Wildman–Crippen LogP) is 2.68. The summed E-state index contributed by atoms with van der Waals surface area (Å²) in [6.45, 7) is 9.83. The molecular weight excluding hydrogens is 286 g/mol. The number of hydrogen-bond donors (Lipinski definition) is 3. The Kier molecular flexibility index (Phi) is 4.32. The van der Waals surface area contributed by atoms with Crippen molar-refractivity contribution in [2.24, 2.45) is 0 Å². The van der Waals surface area contributed by atoms with E-state index in [2.05, 4.69) is 20.5 Å². The van der Waals surface area contributed by atoms with Crippen molar-refractivity contribution in [2.45, 2.75) is 46.6 Å². The SMILES string of the molecule is Cc1nc(C)c(C(C)NC(=O)c2n[nH]c(C(C)C)c2N)s1. The van der Waals surface area contributed by atoms with Crippen LogP contribution in [0.5, 0.6) is 0 Å². The van der Waals surface area contributed by atoms with Gasteiger partial charge in [-0.15, -0.1) is 11.3 Å². The highest BCUT2D eigenvalue weighted by Gasteiger charge is 2.22. The standard InChI is InChI=1S/C14H21N5OS/c1-6(2)11-10(15)12(19-18-11)14(20)17-8(4)13-7(3)16-9(5)21-13/h6,8H,15H2,1-5H3,(H,17,20)(H,18,19). The van der Waals surface area contributed by atoms with Crippen LogP contribution in [0.1, 0.15) is 64.5 Å². The summed E-state index contributed by atoms with van der Waals surface area (Å²) in [4.78, 5) is 17.7. The number of aromatic amines is 1. The van der Waals surface area contributed by atoms with Crippen LogP contribution >= 0.6 is 11.3 Å². The lowest BCUT2D eigenvalue weighted by Crippen LogP contribution is -2.27. The molecule has 0 fully saturated rings. The van der Waals surface area contributed by atoms with Crippen molar-refractivity contribution in [1.82, 2.24) is 20.5 Å². The number of aromatic nitrogens is 3. The minimum absolute atomic E-state index is 0.123. The number of anilines is 1. The number of amides is 1. The van der Waals surface area contributed by atoms with Crippen LogP contribution in [0, 0.1) is 13.8 Å². The largest absolute Gasteiger partial charge is 0.395 e. The molecule has 0 aliphatic rings. The van der Waals surface area contributed by atoms with Gasteiger partial charge in [-0.1, -0.05) is 13.8 Å². The minimum atomic E-state index is -0.270. The average Bonchev–Trinajstić information content (AvgIpc) is 2.92. The van der Waals surface area contributed by atoms with Gasteiger partial charge in [-0.3, -0.25) is 9.89 Å². The Morgan fingerprint density at radius 2 is 2.00 bits per heavy atom. The van der Waals surface area contributed by atoms with Gasteiger partial charge in [0.1, 0.15) is 0 Å². The summed E-state index contributed by atoms with van der Waals surface area (Å²) in [6, 6.07) is -0.123. The minimum Gasteiger partial charge on any atom is -0.395 e. The zero-order chi connectivity index (χ0) is 15.7. The molecule has 2 aromatic heterocycles. The molecule has 114 valence electrons. The molecule has 0 radical (unpaired) electrons. The number of nitrogens with one attached hydrogen (secondary N) is 2. The van der Waals surface area contributed by atoms with E-state index in [1.165, 1.54) is 0 Å². The highest BCUT2D eigenvalue weighted by Crippen LogP contribution is 2.26. The summed E-state index contributed by atoms with van der Waals surface area (Å²) in [6.07, 6.45) is 0. The van der Waals surface area contributed by atoms with Crippen LogP contribution in [-0.2, 0) is 0 Å². The van der Waals surface area contributed by atoms with Gasteiger partial charge in [-0.05, 0) is 26.7 Å². The van der Waals surface area contributed by atoms with Crippen molar-refractivity contribution in [3.63, 3.8) is 0 Å². The van der Waals surface area contributed by atoms with Crippen molar-refractivity contribution in [2.75, 3.05) is 5.73 Å². The Morgan fingerprint density at radius 3 is 2.48 bits per heavy atom. The van der Waals surface area contributed by atoms with Crippen LogP contribution in [0.3, 0.4) is 0 Å². The second-order valence-electron chi connectivity index (χ2n) is 5.43. The van der Waals surface area contributed by atoms with Crippen LogP contribution in [0.2, 0.25) is 0 Å². The molecular formula is C14H21N5OS. The molecule has 0 spiro atoms. The average molecular weight is 307 g/mol. The van der Waals surface area contributed by atoms with Gasteiger partial charge in [-0.25, -0.2) is 4.98 Å². The molecule has 0 saturated carbocycles. The zero-order valence-corrected chi connectivity index (χ0v) is 13.8. The van der Waals surface area contributed by atoms with Gasteiger partial charge < -0.3 is 11.1 Å². The molecule has 0 aliphatic carbocycles. The molecule has 1 atom stereocenters. The van der Waals surface area contributed by atoms with Gasteiger partial charge in [0.05, 0.1) is 28.1 Å². The van der Waals surface area contributed by atoms with E-state index in [0.29, 0.717) is 5.69 Å². The number of nitrogens with two attached hydrogens (primary N) is 1. The number of carbonyl (C=O) groups excluding carboxylic acids is 1. The van der Waals surface area contributed by atoms with E-state index in [0.717, 1.165) is 21.3 Å². The third-order valence-electron chi connectivity index (χ3n) is 3.31. The van der Waals surface area contributed by atoms with Gasteiger partial charge in [0.2, 0.25) is 0 Å². The van der Waals surface area contributed by atoms with E-state index in [4.69, 9.17) is 5.73 Å². The molecule has 4 N–H and O–H groups in total. The molecule has 2 heterocycles. The fourth-order valence-corrected chi connectivity index (χ4v) is 3.19. The maximum atomic E-state index is 12.3.